The number of imidazole rings is 1. The molecule has 1 saturated heterocycles. The van der Waals surface area contributed by atoms with Crippen LogP contribution in [0.1, 0.15) is 36.8 Å². The van der Waals surface area contributed by atoms with E-state index >= 15 is 0 Å². The molecule has 0 radical (unpaired) electrons. The van der Waals surface area contributed by atoms with Gasteiger partial charge < -0.3 is 14.2 Å². The van der Waals surface area contributed by atoms with Crippen LogP contribution >= 0.6 is 0 Å². The number of esters is 1. The molecule has 2 heterocycles. The second kappa shape index (κ2) is 5.52. The summed E-state index contributed by atoms with van der Waals surface area (Å²) < 4.78 is 7.01. The topological polar surface area (TPSA) is 47.4 Å². The molecule has 0 amide bonds. The van der Waals surface area contributed by atoms with E-state index in [1.165, 1.54) is 0 Å². The summed E-state index contributed by atoms with van der Waals surface area (Å²) >= 11 is 0. The molecule has 0 saturated carbocycles. The van der Waals surface area contributed by atoms with Crippen molar-refractivity contribution in [2.75, 3.05) is 26.7 Å². The number of ether oxygens (including phenoxy) is 1. The van der Waals surface area contributed by atoms with Crippen molar-refractivity contribution in [3.63, 3.8) is 0 Å². The molecule has 2 atom stereocenters. The van der Waals surface area contributed by atoms with E-state index < -0.39 is 0 Å². The number of likely N-dealkylation sites (tertiary alicyclic amines) is 1. The van der Waals surface area contributed by atoms with Gasteiger partial charge in [0, 0.05) is 18.8 Å². The Kier molecular flexibility index (Phi) is 4.01. The fourth-order valence-electron chi connectivity index (χ4n) is 2.61. The van der Waals surface area contributed by atoms with Gasteiger partial charge in [-0.05, 0) is 32.9 Å². The molecular formula is C13H21N3O2. The highest BCUT2D eigenvalue weighted by Gasteiger charge is 2.26. The van der Waals surface area contributed by atoms with Crippen LogP contribution in [-0.4, -0.2) is 47.2 Å². The lowest BCUT2D eigenvalue weighted by molar-refractivity contribution is 0.0519. The predicted molar refractivity (Wildman–Crippen MR) is 68.5 cm³/mol. The molecule has 1 aliphatic rings. The lowest BCUT2D eigenvalue weighted by Gasteiger charge is -2.35. The van der Waals surface area contributed by atoms with Crippen LogP contribution in [0.4, 0.5) is 0 Å². The first-order valence-electron chi connectivity index (χ1n) is 6.51. The summed E-state index contributed by atoms with van der Waals surface area (Å²) in [6.45, 7) is 6.59. The molecule has 2 unspecified atom stereocenters. The van der Waals surface area contributed by atoms with E-state index in [4.69, 9.17) is 4.74 Å². The largest absolute Gasteiger partial charge is 0.461 e. The molecule has 0 N–H and O–H groups in total. The lowest BCUT2D eigenvalue weighted by Crippen LogP contribution is -2.37. The second-order valence-corrected chi connectivity index (χ2v) is 5.02. The SMILES string of the molecule is CCOC(=O)c1cn(C2CCN(C)CC2C)cn1. The van der Waals surface area contributed by atoms with E-state index in [1.807, 2.05) is 6.20 Å². The number of nitrogens with zero attached hydrogens (tertiary/aromatic N) is 3. The van der Waals surface area contributed by atoms with Gasteiger partial charge in [-0.25, -0.2) is 9.78 Å². The van der Waals surface area contributed by atoms with Crippen LogP contribution in [0, 0.1) is 5.92 Å². The van der Waals surface area contributed by atoms with Gasteiger partial charge in [0.25, 0.3) is 0 Å². The normalized spacial score (nSPS) is 25.1. The zero-order valence-corrected chi connectivity index (χ0v) is 11.3. The highest BCUT2D eigenvalue weighted by atomic mass is 16.5. The number of hydrogen-bond donors (Lipinski definition) is 0. The molecule has 5 nitrogen and oxygen atoms in total. The van der Waals surface area contributed by atoms with Crippen LogP contribution in [0.25, 0.3) is 0 Å². The Balaban J connectivity index is 2.07. The maximum atomic E-state index is 11.6. The first-order valence-corrected chi connectivity index (χ1v) is 6.51. The van der Waals surface area contributed by atoms with Gasteiger partial charge in [0.05, 0.1) is 12.9 Å². The minimum atomic E-state index is -0.336. The molecule has 1 aromatic rings. The van der Waals surface area contributed by atoms with Gasteiger partial charge in [-0.3, -0.25) is 0 Å². The number of piperidine rings is 1. The molecule has 1 aliphatic heterocycles. The highest BCUT2D eigenvalue weighted by Crippen LogP contribution is 2.27. The van der Waals surface area contributed by atoms with Gasteiger partial charge >= 0.3 is 5.97 Å². The molecule has 100 valence electrons. The van der Waals surface area contributed by atoms with E-state index in [0.29, 0.717) is 24.3 Å². The monoisotopic (exact) mass is 251 g/mol. The van der Waals surface area contributed by atoms with Gasteiger partial charge in [-0.1, -0.05) is 6.92 Å². The Morgan fingerprint density at radius 1 is 1.61 bits per heavy atom. The molecule has 18 heavy (non-hydrogen) atoms. The molecule has 0 aliphatic carbocycles. The summed E-state index contributed by atoms with van der Waals surface area (Å²) in [5, 5.41) is 0. The van der Waals surface area contributed by atoms with Crippen LogP contribution < -0.4 is 0 Å². The van der Waals surface area contributed by atoms with Gasteiger partial charge in [0.15, 0.2) is 5.69 Å². The fraction of sp³-hybridized carbons (Fsp3) is 0.692. The molecule has 0 aromatic carbocycles. The number of carbonyl (C=O) groups is 1. The van der Waals surface area contributed by atoms with Crippen molar-refractivity contribution in [3.05, 3.63) is 18.2 Å². The van der Waals surface area contributed by atoms with Crippen molar-refractivity contribution >= 4 is 5.97 Å². The maximum absolute atomic E-state index is 11.6. The van der Waals surface area contributed by atoms with Crippen LogP contribution in [0.5, 0.6) is 0 Å². The number of rotatable bonds is 3. The van der Waals surface area contributed by atoms with Crippen LogP contribution in [-0.2, 0) is 4.74 Å². The summed E-state index contributed by atoms with van der Waals surface area (Å²) in [6.07, 6.45) is 4.65. The fourth-order valence-corrected chi connectivity index (χ4v) is 2.61. The molecule has 2 rings (SSSR count). The Labute approximate surface area is 108 Å². The summed E-state index contributed by atoms with van der Waals surface area (Å²) in [6, 6.07) is 0.428. The van der Waals surface area contributed by atoms with E-state index in [-0.39, 0.29) is 5.97 Å². The van der Waals surface area contributed by atoms with Crippen LogP contribution in [0.15, 0.2) is 12.5 Å². The zero-order valence-electron chi connectivity index (χ0n) is 11.3. The van der Waals surface area contributed by atoms with Gasteiger partial charge in [-0.15, -0.1) is 0 Å². The maximum Gasteiger partial charge on any atom is 0.358 e. The molecule has 1 fully saturated rings. The Bertz CT molecular complexity index is 416. The first kappa shape index (κ1) is 13.1. The van der Waals surface area contributed by atoms with E-state index in [0.717, 1.165) is 19.5 Å². The van der Waals surface area contributed by atoms with E-state index in [9.17, 15) is 4.79 Å². The number of carbonyl (C=O) groups excluding carboxylic acids is 1. The molecule has 0 bridgehead atoms. The van der Waals surface area contributed by atoms with Crippen LogP contribution in [0.2, 0.25) is 0 Å². The van der Waals surface area contributed by atoms with Crippen molar-refractivity contribution < 1.29 is 9.53 Å². The molecular weight excluding hydrogens is 230 g/mol. The van der Waals surface area contributed by atoms with Gasteiger partial charge in [0.2, 0.25) is 0 Å². The highest BCUT2D eigenvalue weighted by molar-refractivity contribution is 5.86. The molecule has 0 spiro atoms. The number of aromatic nitrogens is 2. The number of hydrogen-bond acceptors (Lipinski definition) is 4. The Hall–Kier alpha value is -1.36. The average molecular weight is 251 g/mol. The standard InChI is InChI=1S/C13H21N3O2/c1-4-18-13(17)11-8-16(9-14-11)12-5-6-15(3)7-10(12)2/h8-10,12H,4-7H2,1-3H3. The predicted octanol–water partition coefficient (Wildman–Crippen LogP) is 1.57. The lowest BCUT2D eigenvalue weighted by atomic mass is 9.94. The average Bonchev–Trinajstić information content (AvgIpc) is 2.78. The summed E-state index contributed by atoms with van der Waals surface area (Å²) in [5.41, 5.74) is 0.406. The third-order valence-corrected chi connectivity index (χ3v) is 3.53. The van der Waals surface area contributed by atoms with Crippen molar-refractivity contribution in [1.29, 1.82) is 0 Å². The molecule has 5 heteroatoms. The summed E-state index contributed by atoms with van der Waals surface area (Å²) in [4.78, 5) is 18.0. The summed E-state index contributed by atoms with van der Waals surface area (Å²) in [7, 11) is 2.14. The van der Waals surface area contributed by atoms with Crippen molar-refractivity contribution in [2.24, 2.45) is 5.92 Å². The third-order valence-electron chi connectivity index (χ3n) is 3.53. The smallest absolute Gasteiger partial charge is 0.358 e. The minimum absolute atomic E-state index is 0.336. The van der Waals surface area contributed by atoms with Gasteiger partial charge in [-0.2, -0.15) is 0 Å². The Morgan fingerprint density at radius 3 is 3.06 bits per heavy atom. The van der Waals surface area contributed by atoms with Gasteiger partial charge in [0.1, 0.15) is 0 Å². The second-order valence-electron chi connectivity index (χ2n) is 5.02. The Morgan fingerprint density at radius 2 is 2.39 bits per heavy atom. The van der Waals surface area contributed by atoms with Crippen molar-refractivity contribution in [2.45, 2.75) is 26.3 Å². The minimum Gasteiger partial charge on any atom is -0.461 e. The third kappa shape index (κ3) is 2.72. The van der Waals surface area contributed by atoms with Crippen molar-refractivity contribution in [3.8, 4) is 0 Å². The van der Waals surface area contributed by atoms with E-state index in [1.54, 1.807) is 13.3 Å². The van der Waals surface area contributed by atoms with Crippen LogP contribution in [0.3, 0.4) is 0 Å². The van der Waals surface area contributed by atoms with Crippen molar-refractivity contribution in [1.82, 2.24) is 14.5 Å². The van der Waals surface area contributed by atoms with E-state index in [2.05, 4.69) is 28.4 Å². The first-order chi connectivity index (χ1) is 8.61. The summed E-state index contributed by atoms with van der Waals surface area (Å²) in [5.74, 6) is 0.227. The zero-order chi connectivity index (χ0) is 13.1. The molecule has 1 aromatic heterocycles. The quantitative estimate of drug-likeness (QED) is 0.765.